The number of aryl methyl sites for hydroxylation is 1. The average molecular weight is 234 g/mol. The van der Waals surface area contributed by atoms with Crippen molar-refractivity contribution in [3.63, 3.8) is 0 Å². The number of hydrogen-bond donors (Lipinski definition) is 1. The number of nitrogens with two attached hydrogens (primary N) is 1. The van der Waals surface area contributed by atoms with Crippen molar-refractivity contribution in [3.05, 3.63) is 17.8 Å². The molecular weight excluding hydrogens is 212 g/mol. The molecule has 1 saturated carbocycles. The normalized spacial score (nSPS) is 20.2. The van der Waals surface area contributed by atoms with Crippen LogP contribution >= 0.6 is 0 Å². The minimum atomic E-state index is 0.277. The summed E-state index contributed by atoms with van der Waals surface area (Å²) in [7, 11) is 0. The molecule has 0 atom stereocenters. The van der Waals surface area contributed by atoms with Crippen LogP contribution in [0.25, 0.3) is 0 Å². The van der Waals surface area contributed by atoms with Crippen molar-refractivity contribution in [1.82, 2.24) is 4.98 Å². The van der Waals surface area contributed by atoms with Gasteiger partial charge in [0.05, 0.1) is 5.69 Å². The maximum atomic E-state index is 5.97. The highest BCUT2D eigenvalue weighted by Gasteiger charge is 2.28. The molecule has 2 rings (SSSR count). The predicted molar refractivity (Wildman–Crippen MR) is 70.1 cm³/mol. The summed E-state index contributed by atoms with van der Waals surface area (Å²) in [5.74, 6) is 0.606. The van der Waals surface area contributed by atoms with Crippen LogP contribution in [0.4, 0.5) is 5.69 Å². The summed E-state index contributed by atoms with van der Waals surface area (Å²) < 4.78 is 5.92. The molecular formula is C14H22N2O. The topological polar surface area (TPSA) is 48.1 Å². The van der Waals surface area contributed by atoms with Gasteiger partial charge in [0.15, 0.2) is 0 Å². The molecule has 1 aliphatic rings. The summed E-state index contributed by atoms with van der Waals surface area (Å²) in [6, 6.07) is 1.91. The van der Waals surface area contributed by atoms with Crippen LogP contribution in [0.3, 0.4) is 0 Å². The number of aromatic nitrogens is 1. The first-order chi connectivity index (χ1) is 7.98. The predicted octanol–water partition coefficient (Wildman–Crippen LogP) is 3.32. The van der Waals surface area contributed by atoms with Crippen molar-refractivity contribution in [2.24, 2.45) is 5.41 Å². The van der Waals surface area contributed by atoms with Gasteiger partial charge in [-0.25, -0.2) is 4.98 Å². The Kier molecular flexibility index (Phi) is 3.27. The van der Waals surface area contributed by atoms with Gasteiger partial charge in [0, 0.05) is 6.20 Å². The molecule has 1 fully saturated rings. The molecule has 0 bridgehead atoms. The molecule has 1 heterocycles. The minimum Gasteiger partial charge on any atom is -0.473 e. The van der Waals surface area contributed by atoms with Crippen molar-refractivity contribution in [2.75, 3.05) is 5.73 Å². The van der Waals surface area contributed by atoms with E-state index in [4.69, 9.17) is 10.5 Å². The van der Waals surface area contributed by atoms with Gasteiger partial charge in [0.1, 0.15) is 6.10 Å². The molecule has 0 unspecified atom stereocenters. The van der Waals surface area contributed by atoms with Crippen LogP contribution in [-0.4, -0.2) is 11.1 Å². The van der Waals surface area contributed by atoms with Gasteiger partial charge in [0.2, 0.25) is 5.88 Å². The van der Waals surface area contributed by atoms with E-state index < -0.39 is 0 Å². The first kappa shape index (κ1) is 12.2. The maximum Gasteiger partial charge on any atom is 0.237 e. The lowest BCUT2D eigenvalue weighted by Crippen LogP contribution is -2.28. The fourth-order valence-electron chi connectivity index (χ4n) is 2.29. The Morgan fingerprint density at radius 3 is 2.65 bits per heavy atom. The molecule has 1 aromatic rings. The lowest BCUT2D eigenvalue weighted by molar-refractivity contribution is 0.0955. The Morgan fingerprint density at radius 2 is 2.00 bits per heavy atom. The summed E-state index contributed by atoms with van der Waals surface area (Å²) in [5, 5.41) is 0. The Morgan fingerprint density at radius 1 is 1.35 bits per heavy atom. The zero-order valence-electron chi connectivity index (χ0n) is 11.0. The molecule has 0 aromatic carbocycles. The standard InChI is InChI=1S/C14H22N2O/c1-10-6-9-16-13(12(10)15)17-11-4-7-14(2,3)8-5-11/h6,9,11H,4-5,7-8,15H2,1-3H3. The highest BCUT2D eigenvalue weighted by Crippen LogP contribution is 2.37. The quantitative estimate of drug-likeness (QED) is 0.854. The second kappa shape index (κ2) is 4.55. The van der Waals surface area contributed by atoms with Gasteiger partial charge in [-0.3, -0.25) is 0 Å². The van der Waals surface area contributed by atoms with Crippen molar-refractivity contribution in [2.45, 2.75) is 52.6 Å². The summed E-state index contributed by atoms with van der Waals surface area (Å²) in [4.78, 5) is 4.22. The van der Waals surface area contributed by atoms with Gasteiger partial charge in [-0.15, -0.1) is 0 Å². The van der Waals surface area contributed by atoms with Crippen LogP contribution < -0.4 is 10.5 Å². The van der Waals surface area contributed by atoms with Crippen molar-refractivity contribution in [3.8, 4) is 5.88 Å². The molecule has 3 heteroatoms. The summed E-state index contributed by atoms with van der Waals surface area (Å²) in [5.41, 5.74) is 8.14. The second-order valence-corrected chi connectivity index (χ2v) is 5.83. The van der Waals surface area contributed by atoms with E-state index in [9.17, 15) is 0 Å². The van der Waals surface area contributed by atoms with Crippen LogP contribution in [0.15, 0.2) is 12.3 Å². The second-order valence-electron chi connectivity index (χ2n) is 5.83. The van der Waals surface area contributed by atoms with E-state index >= 15 is 0 Å². The highest BCUT2D eigenvalue weighted by molar-refractivity contribution is 5.53. The third-order valence-corrected chi connectivity index (χ3v) is 3.74. The van der Waals surface area contributed by atoms with E-state index in [2.05, 4.69) is 18.8 Å². The van der Waals surface area contributed by atoms with E-state index in [0.717, 1.165) is 18.4 Å². The Labute approximate surface area is 103 Å². The summed E-state index contributed by atoms with van der Waals surface area (Å²) in [6.07, 6.45) is 6.66. The molecule has 17 heavy (non-hydrogen) atoms. The monoisotopic (exact) mass is 234 g/mol. The molecule has 2 N–H and O–H groups in total. The van der Waals surface area contributed by atoms with Crippen molar-refractivity contribution < 1.29 is 4.74 Å². The summed E-state index contributed by atoms with van der Waals surface area (Å²) in [6.45, 7) is 6.62. The molecule has 1 aliphatic carbocycles. The van der Waals surface area contributed by atoms with Crippen LogP contribution in [0.5, 0.6) is 5.88 Å². The number of nitrogen functional groups attached to an aromatic ring is 1. The van der Waals surface area contributed by atoms with E-state index in [-0.39, 0.29) is 6.10 Å². The number of hydrogen-bond acceptors (Lipinski definition) is 3. The van der Waals surface area contributed by atoms with E-state index in [0.29, 0.717) is 17.0 Å². The number of anilines is 1. The van der Waals surface area contributed by atoms with Crippen LogP contribution in [0.2, 0.25) is 0 Å². The summed E-state index contributed by atoms with van der Waals surface area (Å²) >= 11 is 0. The molecule has 3 nitrogen and oxygen atoms in total. The van der Waals surface area contributed by atoms with Crippen molar-refractivity contribution in [1.29, 1.82) is 0 Å². The Balaban J connectivity index is 2.00. The average Bonchev–Trinajstić information content (AvgIpc) is 2.27. The van der Waals surface area contributed by atoms with Gasteiger partial charge in [-0.05, 0) is 49.7 Å². The number of ether oxygens (including phenoxy) is 1. The number of rotatable bonds is 2. The molecule has 0 spiro atoms. The molecule has 0 amide bonds. The fourth-order valence-corrected chi connectivity index (χ4v) is 2.29. The molecule has 0 saturated heterocycles. The minimum absolute atomic E-state index is 0.277. The van der Waals surface area contributed by atoms with E-state index in [1.807, 2.05) is 13.0 Å². The lowest BCUT2D eigenvalue weighted by Gasteiger charge is -2.34. The van der Waals surface area contributed by atoms with Crippen LogP contribution in [-0.2, 0) is 0 Å². The van der Waals surface area contributed by atoms with Crippen LogP contribution in [0, 0.1) is 12.3 Å². The molecule has 0 radical (unpaired) electrons. The highest BCUT2D eigenvalue weighted by atomic mass is 16.5. The Hall–Kier alpha value is -1.25. The number of pyridine rings is 1. The molecule has 0 aliphatic heterocycles. The lowest BCUT2D eigenvalue weighted by atomic mass is 9.76. The van der Waals surface area contributed by atoms with Crippen LogP contribution in [0.1, 0.15) is 45.1 Å². The zero-order valence-corrected chi connectivity index (χ0v) is 11.0. The third kappa shape index (κ3) is 2.90. The molecule has 94 valence electrons. The first-order valence-corrected chi connectivity index (χ1v) is 6.36. The van der Waals surface area contributed by atoms with Gasteiger partial charge < -0.3 is 10.5 Å². The van der Waals surface area contributed by atoms with E-state index in [1.54, 1.807) is 6.20 Å². The van der Waals surface area contributed by atoms with Gasteiger partial charge in [0.25, 0.3) is 0 Å². The smallest absolute Gasteiger partial charge is 0.237 e. The zero-order chi connectivity index (χ0) is 12.5. The molecule has 1 aromatic heterocycles. The number of nitrogens with zero attached hydrogens (tertiary/aromatic N) is 1. The third-order valence-electron chi connectivity index (χ3n) is 3.74. The van der Waals surface area contributed by atoms with Gasteiger partial charge in [-0.1, -0.05) is 13.8 Å². The van der Waals surface area contributed by atoms with E-state index in [1.165, 1.54) is 12.8 Å². The first-order valence-electron chi connectivity index (χ1n) is 6.36. The van der Waals surface area contributed by atoms with Gasteiger partial charge in [-0.2, -0.15) is 0 Å². The largest absolute Gasteiger partial charge is 0.473 e. The SMILES string of the molecule is Cc1ccnc(OC2CCC(C)(C)CC2)c1N. The fraction of sp³-hybridized carbons (Fsp3) is 0.643. The van der Waals surface area contributed by atoms with Gasteiger partial charge >= 0.3 is 0 Å². The maximum absolute atomic E-state index is 5.97. The Bertz CT molecular complexity index is 391. The van der Waals surface area contributed by atoms with Crippen molar-refractivity contribution >= 4 is 5.69 Å².